The van der Waals surface area contributed by atoms with Gasteiger partial charge in [0, 0.05) is 51.4 Å². The summed E-state index contributed by atoms with van der Waals surface area (Å²) < 4.78 is 27.9. The predicted octanol–water partition coefficient (Wildman–Crippen LogP) is 2.49. The Kier molecular flexibility index (Phi) is 5.72. The zero-order valence-electron chi connectivity index (χ0n) is 16.8. The van der Waals surface area contributed by atoms with Gasteiger partial charge in [-0.05, 0) is 35.7 Å². The lowest BCUT2D eigenvalue weighted by Gasteiger charge is -2.34. The predicted molar refractivity (Wildman–Crippen MR) is 113 cm³/mol. The maximum atomic E-state index is 13.2. The minimum absolute atomic E-state index is 0.0777. The molecule has 0 saturated carbocycles. The SMILES string of the molecule is CCC(=O)N1CCc2cc(S(=O)(=O)N3CCN(Cc4ccccc4)CC3)ccc21. The summed E-state index contributed by atoms with van der Waals surface area (Å²) >= 11 is 0. The number of piperazine rings is 1. The summed E-state index contributed by atoms with van der Waals surface area (Å²) in [7, 11) is -3.52. The molecule has 29 heavy (non-hydrogen) atoms. The van der Waals surface area contributed by atoms with Crippen LogP contribution in [0, 0.1) is 0 Å². The van der Waals surface area contributed by atoms with Gasteiger partial charge in [-0.2, -0.15) is 4.31 Å². The van der Waals surface area contributed by atoms with Crippen LogP contribution in [0.3, 0.4) is 0 Å². The second kappa shape index (κ2) is 8.26. The van der Waals surface area contributed by atoms with Crippen LogP contribution in [-0.4, -0.2) is 56.3 Å². The Balaban J connectivity index is 1.44. The molecule has 0 unspecified atom stereocenters. The van der Waals surface area contributed by atoms with E-state index in [1.807, 2.05) is 25.1 Å². The van der Waals surface area contributed by atoms with Crippen molar-refractivity contribution in [2.75, 3.05) is 37.6 Å². The quantitative estimate of drug-likeness (QED) is 0.756. The van der Waals surface area contributed by atoms with Gasteiger partial charge in [-0.1, -0.05) is 37.3 Å². The minimum atomic E-state index is -3.52. The third-order valence-corrected chi connectivity index (χ3v) is 7.66. The fourth-order valence-corrected chi connectivity index (χ4v) is 5.58. The zero-order valence-corrected chi connectivity index (χ0v) is 17.6. The van der Waals surface area contributed by atoms with Gasteiger partial charge in [0.05, 0.1) is 4.90 Å². The molecule has 0 N–H and O–H groups in total. The lowest BCUT2D eigenvalue weighted by atomic mass is 10.2. The molecule has 2 aliphatic heterocycles. The highest BCUT2D eigenvalue weighted by atomic mass is 32.2. The molecule has 2 aromatic carbocycles. The number of nitrogens with zero attached hydrogens (tertiary/aromatic N) is 3. The summed E-state index contributed by atoms with van der Waals surface area (Å²) in [5.74, 6) is 0.0777. The van der Waals surface area contributed by atoms with Crippen LogP contribution < -0.4 is 4.90 Å². The Labute approximate surface area is 172 Å². The van der Waals surface area contributed by atoms with Gasteiger partial charge in [0.1, 0.15) is 0 Å². The molecule has 4 rings (SSSR count). The lowest BCUT2D eigenvalue weighted by molar-refractivity contribution is -0.118. The number of carbonyl (C=O) groups is 1. The first-order chi connectivity index (χ1) is 14.0. The van der Waals surface area contributed by atoms with Crippen molar-refractivity contribution >= 4 is 21.6 Å². The molecule has 0 bridgehead atoms. The number of anilines is 1. The first-order valence-electron chi connectivity index (χ1n) is 10.2. The van der Waals surface area contributed by atoms with Gasteiger partial charge >= 0.3 is 0 Å². The van der Waals surface area contributed by atoms with Crippen LogP contribution in [-0.2, 0) is 27.8 Å². The van der Waals surface area contributed by atoms with Crippen molar-refractivity contribution in [2.45, 2.75) is 31.2 Å². The van der Waals surface area contributed by atoms with Crippen molar-refractivity contribution in [3.63, 3.8) is 0 Å². The summed E-state index contributed by atoms with van der Waals surface area (Å²) in [5, 5.41) is 0. The van der Waals surface area contributed by atoms with Gasteiger partial charge in [0.15, 0.2) is 0 Å². The van der Waals surface area contributed by atoms with E-state index in [0.717, 1.165) is 30.9 Å². The Morgan fingerprint density at radius 3 is 2.38 bits per heavy atom. The summed E-state index contributed by atoms with van der Waals surface area (Å²) in [6, 6.07) is 15.4. The molecule has 7 heteroatoms. The van der Waals surface area contributed by atoms with E-state index in [4.69, 9.17) is 0 Å². The highest BCUT2D eigenvalue weighted by Crippen LogP contribution is 2.31. The average molecular weight is 414 g/mol. The van der Waals surface area contributed by atoms with E-state index in [2.05, 4.69) is 17.0 Å². The minimum Gasteiger partial charge on any atom is -0.312 e. The smallest absolute Gasteiger partial charge is 0.243 e. The monoisotopic (exact) mass is 413 g/mol. The van der Waals surface area contributed by atoms with Crippen LogP contribution in [0.15, 0.2) is 53.4 Å². The molecule has 154 valence electrons. The standard InChI is InChI=1S/C22H27N3O3S/c1-2-22(26)25-11-10-19-16-20(8-9-21(19)25)29(27,28)24-14-12-23(13-15-24)17-18-6-4-3-5-7-18/h3-9,16H,2,10-15,17H2,1H3. The van der Waals surface area contributed by atoms with Crippen molar-refractivity contribution in [3.05, 3.63) is 59.7 Å². The first kappa shape index (κ1) is 20.1. The molecular weight excluding hydrogens is 386 g/mol. The van der Waals surface area contributed by atoms with Crippen molar-refractivity contribution in [1.82, 2.24) is 9.21 Å². The van der Waals surface area contributed by atoms with E-state index in [0.29, 0.717) is 37.4 Å². The number of fused-ring (bicyclic) bond motifs is 1. The van der Waals surface area contributed by atoms with Crippen molar-refractivity contribution in [1.29, 1.82) is 0 Å². The molecule has 2 aliphatic rings. The molecule has 2 aromatic rings. The van der Waals surface area contributed by atoms with E-state index in [1.54, 1.807) is 27.4 Å². The molecule has 6 nitrogen and oxygen atoms in total. The molecule has 1 saturated heterocycles. The maximum absolute atomic E-state index is 13.2. The van der Waals surface area contributed by atoms with Crippen LogP contribution >= 0.6 is 0 Å². The van der Waals surface area contributed by atoms with E-state index in [9.17, 15) is 13.2 Å². The molecule has 0 spiro atoms. The van der Waals surface area contributed by atoms with Crippen LogP contribution in [0.5, 0.6) is 0 Å². The number of sulfonamides is 1. The largest absolute Gasteiger partial charge is 0.312 e. The maximum Gasteiger partial charge on any atom is 0.243 e. The lowest BCUT2D eigenvalue weighted by Crippen LogP contribution is -2.48. The fourth-order valence-electron chi connectivity index (χ4n) is 4.11. The van der Waals surface area contributed by atoms with Gasteiger partial charge < -0.3 is 4.90 Å². The van der Waals surface area contributed by atoms with Crippen molar-refractivity contribution in [3.8, 4) is 0 Å². The van der Waals surface area contributed by atoms with Gasteiger partial charge in [-0.15, -0.1) is 0 Å². The van der Waals surface area contributed by atoms with E-state index in [1.165, 1.54) is 5.56 Å². The Morgan fingerprint density at radius 2 is 1.69 bits per heavy atom. The third kappa shape index (κ3) is 4.08. The highest BCUT2D eigenvalue weighted by molar-refractivity contribution is 7.89. The van der Waals surface area contributed by atoms with Gasteiger partial charge in [0.25, 0.3) is 0 Å². The summed E-state index contributed by atoms with van der Waals surface area (Å²) in [5.41, 5.74) is 3.03. The van der Waals surface area contributed by atoms with E-state index >= 15 is 0 Å². The Bertz CT molecular complexity index is 984. The molecule has 1 fully saturated rings. The molecule has 1 amide bonds. The molecule has 0 atom stereocenters. The van der Waals surface area contributed by atoms with Crippen molar-refractivity contribution < 1.29 is 13.2 Å². The topological polar surface area (TPSA) is 60.9 Å². The number of amides is 1. The number of hydrogen-bond acceptors (Lipinski definition) is 4. The second-order valence-electron chi connectivity index (χ2n) is 7.61. The Morgan fingerprint density at radius 1 is 0.966 bits per heavy atom. The molecule has 0 radical (unpaired) electrons. The third-order valence-electron chi connectivity index (χ3n) is 5.77. The summed E-state index contributed by atoms with van der Waals surface area (Å²) in [6.07, 6.45) is 1.15. The van der Waals surface area contributed by atoms with Gasteiger partial charge in [0.2, 0.25) is 15.9 Å². The normalized spacial score (nSPS) is 18.0. The van der Waals surface area contributed by atoms with Gasteiger partial charge in [-0.3, -0.25) is 9.69 Å². The van der Waals surface area contributed by atoms with Crippen LogP contribution in [0.25, 0.3) is 0 Å². The van der Waals surface area contributed by atoms with Gasteiger partial charge in [-0.25, -0.2) is 8.42 Å². The zero-order chi connectivity index (χ0) is 20.4. The van der Waals surface area contributed by atoms with Crippen LogP contribution in [0.4, 0.5) is 5.69 Å². The number of hydrogen-bond donors (Lipinski definition) is 0. The van der Waals surface area contributed by atoms with E-state index < -0.39 is 10.0 Å². The van der Waals surface area contributed by atoms with E-state index in [-0.39, 0.29) is 5.91 Å². The number of carbonyl (C=O) groups excluding carboxylic acids is 1. The molecular formula is C22H27N3O3S. The summed E-state index contributed by atoms with van der Waals surface area (Å²) in [4.78, 5) is 16.4. The Hall–Kier alpha value is -2.22. The average Bonchev–Trinajstić information content (AvgIpc) is 3.18. The molecule has 2 heterocycles. The van der Waals surface area contributed by atoms with Crippen LogP contribution in [0.1, 0.15) is 24.5 Å². The molecule has 0 aliphatic carbocycles. The first-order valence-corrected chi connectivity index (χ1v) is 11.6. The van der Waals surface area contributed by atoms with Crippen LogP contribution in [0.2, 0.25) is 0 Å². The fraction of sp³-hybridized carbons (Fsp3) is 0.409. The number of rotatable bonds is 5. The van der Waals surface area contributed by atoms with Crippen molar-refractivity contribution in [2.24, 2.45) is 0 Å². The number of benzene rings is 2. The summed E-state index contributed by atoms with van der Waals surface area (Å²) in [6.45, 7) is 5.74. The highest BCUT2D eigenvalue weighted by Gasteiger charge is 2.31. The molecule has 0 aromatic heterocycles. The second-order valence-corrected chi connectivity index (χ2v) is 9.54.